The van der Waals surface area contributed by atoms with Crippen LogP contribution in [0.5, 0.6) is 11.5 Å². The second-order valence-electron chi connectivity index (χ2n) is 5.02. The van der Waals surface area contributed by atoms with Gasteiger partial charge in [0.2, 0.25) is 5.91 Å². The number of carbonyl (C=O) groups excluding carboxylic acids is 1. The Bertz CT molecular complexity index is 456. The molecule has 0 bridgehead atoms. The molecule has 0 aromatic heterocycles. The van der Waals surface area contributed by atoms with Gasteiger partial charge in [0.05, 0.1) is 7.11 Å². The predicted molar refractivity (Wildman–Crippen MR) is 76.8 cm³/mol. The van der Waals surface area contributed by atoms with Crippen LogP contribution in [0.25, 0.3) is 0 Å². The zero-order chi connectivity index (χ0) is 14.4. The number of methoxy groups -OCH3 is 1. The molecule has 2 N–H and O–H groups in total. The molecule has 0 aliphatic carbocycles. The summed E-state index contributed by atoms with van der Waals surface area (Å²) in [4.78, 5) is 13.8. The Morgan fingerprint density at radius 1 is 1.40 bits per heavy atom. The van der Waals surface area contributed by atoms with E-state index in [1.54, 1.807) is 12.1 Å². The average molecular weight is 278 g/mol. The van der Waals surface area contributed by atoms with E-state index < -0.39 is 0 Å². The van der Waals surface area contributed by atoms with E-state index in [1.807, 2.05) is 11.0 Å². The predicted octanol–water partition coefficient (Wildman–Crippen LogP) is 1.50. The summed E-state index contributed by atoms with van der Waals surface area (Å²) in [5.74, 6) is 0.838. The highest BCUT2D eigenvalue weighted by molar-refractivity contribution is 5.76. The first-order valence-electron chi connectivity index (χ1n) is 7.05. The molecule has 110 valence electrons. The highest BCUT2D eigenvalue weighted by atomic mass is 16.5. The molecule has 20 heavy (non-hydrogen) atoms. The summed E-state index contributed by atoms with van der Waals surface area (Å²) in [6.07, 6.45) is 2.79. The van der Waals surface area contributed by atoms with Crippen LogP contribution in [0.2, 0.25) is 0 Å². The van der Waals surface area contributed by atoms with Crippen LogP contribution in [-0.2, 0) is 11.3 Å². The number of nitrogens with zero attached hydrogens (tertiary/aromatic N) is 1. The molecule has 5 heteroatoms. The Hall–Kier alpha value is -1.75. The van der Waals surface area contributed by atoms with Crippen molar-refractivity contribution in [3.8, 4) is 11.5 Å². The molecule has 0 unspecified atom stereocenters. The summed E-state index contributed by atoms with van der Waals surface area (Å²) in [5.41, 5.74) is 0.969. The average Bonchev–Trinajstić information content (AvgIpc) is 2.98. The lowest BCUT2D eigenvalue weighted by atomic mass is 10.2. The van der Waals surface area contributed by atoms with Crippen LogP contribution in [0.3, 0.4) is 0 Å². The minimum absolute atomic E-state index is 0.139. The maximum atomic E-state index is 11.8. The van der Waals surface area contributed by atoms with Gasteiger partial charge < -0.3 is 20.1 Å². The van der Waals surface area contributed by atoms with Gasteiger partial charge in [0, 0.05) is 32.6 Å². The summed E-state index contributed by atoms with van der Waals surface area (Å²) in [6.45, 7) is 3.10. The van der Waals surface area contributed by atoms with Crippen molar-refractivity contribution >= 4 is 5.91 Å². The number of aromatic hydroxyl groups is 1. The van der Waals surface area contributed by atoms with Gasteiger partial charge in [0.15, 0.2) is 11.5 Å². The molecule has 0 atom stereocenters. The smallest absolute Gasteiger partial charge is 0.223 e. The van der Waals surface area contributed by atoms with Crippen molar-refractivity contribution in [3.05, 3.63) is 23.8 Å². The standard InChI is InChI=1S/C15H22N2O3/c1-20-14-5-4-12(10-13(14)18)11-16-7-6-15(19)17-8-2-3-9-17/h4-5,10,16,18H,2-3,6-9,11H2,1H3. The van der Waals surface area contributed by atoms with Gasteiger partial charge in [0.1, 0.15) is 0 Å². The highest BCUT2D eigenvalue weighted by Crippen LogP contribution is 2.25. The quantitative estimate of drug-likeness (QED) is 0.774. The Labute approximate surface area is 119 Å². The van der Waals surface area contributed by atoms with Gasteiger partial charge >= 0.3 is 0 Å². The van der Waals surface area contributed by atoms with Crippen LogP contribution in [0.1, 0.15) is 24.8 Å². The number of hydrogen-bond acceptors (Lipinski definition) is 4. The van der Waals surface area contributed by atoms with Gasteiger partial charge in [-0.25, -0.2) is 0 Å². The van der Waals surface area contributed by atoms with E-state index in [1.165, 1.54) is 7.11 Å². The van der Waals surface area contributed by atoms with Crippen LogP contribution >= 0.6 is 0 Å². The monoisotopic (exact) mass is 278 g/mol. The van der Waals surface area contributed by atoms with Gasteiger partial charge in [-0.05, 0) is 30.5 Å². The van der Waals surface area contributed by atoms with E-state index in [-0.39, 0.29) is 11.7 Å². The molecule has 1 aromatic rings. The summed E-state index contributed by atoms with van der Waals surface area (Å²) in [5, 5.41) is 12.9. The van der Waals surface area contributed by atoms with Crippen molar-refractivity contribution in [3.63, 3.8) is 0 Å². The first-order valence-corrected chi connectivity index (χ1v) is 7.05. The fourth-order valence-corrected chi connectivity index (χ4v) is 2.40. The molecule has 1 amide bonds. The lowest BCUT2D eigenvalue weighted by molar-refractivity contribution is -0.130. The Balaban J connectivity index is 1.70. The van der Waals surface area contributed by atoms with E-state index in [2.05, 4.69) is 5.32 Å². The maximum Gasteiger partial charge on any atom is 0.223 e. The molecular weight excluding hydrogens is 256 g/mol. The van der Waals surface area contributed by atoms with Crippen molar-refractivity contribution in [2.75, 3.05) is 26.7 Å². The molecule has 1 heterocycles. The molecule has 2 rings (SSSR count). The van der Waals surface area contributed by atoms with Gasteiger partial charge in [0.25, 0.3) is 0 Å². The Kier molecular flexibility index (Phi) is 5.24. The summed E-state index contributed by atoms with van der Waals surface area (Å²) in [6, 6.07) is 5.31. The van der Waals surface area contributed by atoms with Crippen LogP contribution < -0.4 is 10.1 Å². The van der Waals surface area contributed by atoms with E-state index in [0.29, 0.717) is 25.3 Å². The Morgan fingerprint density at radius 2 is 2.15 bits per heavy atom. The third-order valence-electron chi connectivity index (χ3n) is 3.55. The van der Waals surface area contributed by atoms with Gasteiger partial charge in [-0.15, -0.1) is 0 Å². The van der Waals surface area contributed by atoms with Gasteiger partial charge in [-0.2, -0.15) is 0 Å². The molecule has 1 aliphatic heterocycles. The number of rotatable bonds is 6. The van der Waals surface area contributed by atoms with Crippen molar-refractivity contribution in [2.45, 2.75) is 25.8 Å². The number of hydrogen-bond donors (Lipinski definition) is 2. The van der Waals surface area contributed by atoms with E-state index in [0.717, 1.165) is 31.5 Å². The number of amides is 1. The normalized spacial score (nSPS) is 14.6. The lowest BCUT2D eigenvalue weighted by Gasteiger charge is -2.15. The summed E-state index contributed by atoms with van der Waals surface area (Å²) >= 11 is 0. The van der Waals surface area contributed by atoms with E-state index in [9.17, 15) is 9.90 Å². The van der Waals surface area contributed by atoms with Crippen molar-refractivity contribution in [1.82, 2.24) is 10.2 Å². The minimum Gasteiger partial charge on any atom is -0.504 e. The van der Waals surface area contributed by atoms with Gasteiger partial charge in [-0.3, -0.25) is 4.79 Å². The number of likely N-dealkylation sites (tertiary alicyclic amines) is 1. The SMILES string of the molecule is COc1ccc(CNCCC(=O)N2CCCC2)cc1O. The summed E-state index contributed by atoms with van der Waals surface area (Å²) < 4.78 is 4.99. The second-order valence-corrected chi connectivity index (χ2v) is 5.02. The lowest BCUT2D eigenvalue weighted by Crippen LogP contribution is -2.30. The number of carbonyl (C=O) groups is 1. The van der Waals surface area contributed by atoms with Crippen LogP contribution in [0.4, 0.5) is 0 Å². The van der Waals surface area contributed by atoms with E-state index >= 15 is 0 Å². The van der Waals surface area contributed by atoms with Gasteiger partial charge in [-0.1, -0.05) is 6.07 Å². The molecular formula is C15H22N2O3. The first-order chi connectivity index (χ1) is 9.70. The largest absolute Gasteiger partial charge is 0.504 e. The minimum atomic E-state index is 0.139. The van der Waals surface area contributed by atoms with Crippen molar-refractivity contribution in [1.29, 1.82) is 0 Å². The second kappa shape index (κ2) is 7.14. The zero-order valence-electron chi connectivity index (χ0n) is 11.9. The van der Waals surface area contributed by atoms with Crippen LogP contribution in [0.15, 0.2) is 18.2 Å². The van der Waals surface area contributed by atoms with Crippen LogP contribution in [-0.4, -0.2) is 42.7 Å². The summed E-state index contributed by atoms with van der Waals surface area (Å²) in [7, 11) is 1.52. The first kappa shape index (κ1) is 14.7. The highest BCUT2D eigenvalue weighted by Gasteiger charge is 2.16. The molecule has 0 spiro atoms. The molecule has 1 aliphatic rings. The number of phenolic OH excluding ortho intramolecular Hbond substituents is 1. The number of nitrogens with one attached hydrogen (secondary N) is 1. The molecule has 1 saturated heterocycles. The topological polar surface area (TPSA) is 61.8 Å². The Morgan fingerprint density at radius 3 is 2.80 bits per heavy atom. The zero-order valence-corrected chi connectivity index (χ0v) is 11.9. The third kappa shape index (κ3) is 3.87. The molecule has 1 aromatic carbocycles. The van der Waals surface area contributed by atoms with Crippen LogP contribution in [0, 0.1) is 0 Å². The van der Waals surface area contributed by atoms with E-state index in [4.69, 9.17) is 4.74 Å². The fraction of sp³-hybridized carbons (Fsp3) is 0.533. The molecule has 0 saturated carbocycles. The maximum absolute atomic E-state index is 11.8. The van der Waals surface area contributed by atoms with Crippen molar-refractivity contribution in [2.24, 2.45) is 0 Å². The number of ether oxygens (including phenoxy) is 1. The number of benzene rings is 1. The van der Waals surface area contributed by atoms with Crippen molar-refractivity contribution < 1.29 is 14.6 Å². The third-order valence-corrected chi connectivity index (χ3v) is 3.55. The molecule has 0 radical (unpaired) electrons. The molecule has 1 fully saturated rings. The number of phenols is 1. The fourth-order valence-electron chi connectivity index (χ4n) is 2.40. The molecule has 5 nitrogen and oxygen atoms in total.